The topological polar surface area (TPSA) is 35.5 Å². The lowest BCUT2D eigenvalue weighted by Crippen LogP contribution is -2.26. The molecule has 0 radical (unpaired) electrons. The molecule has 2 fully saturated rings. The van der Waals surface area contributed by atoms with Crippen molar-refractivity contribution >= 4 is 5.78 Å². The molecule has 2 heterocycles. The Morgan fingerprint density at radius 1 is 1.20 bits per heavy atom. The van der Waals surface area contributed by atoms with Gasteiger partial charge < -0.3 is 9.47 Å². The maximum atomic E-state index is 12.0. The number of rotatable bonds is 3. The Hall–Kier alpha value is -0.410. The highest BCUT2D eigenvalue weighted by Gasteiger charge is 2.31. The van der Waals surface area contributed by atoms with Crippen LogP contribution in [0.2, 0.25) is 0 Å². The van der Waals surface area contributed by atoms with E-state index in [1.165, 1.54) is 0 Å². The second-order valence-corrected chi connectivity index (χ2v) is 4.70. The minimum Gasteiger partial charge on any atom is -0.381 e. The van der Waals surface area contributed by atoms with E-state index >= 15 is 0 Å². The summed E-state index contributed by atoms with van der Waals surface area (Å²) >= 11 is 0. The largest absolute Gasteiger partial charge is 0.381 e. The smallest absolute Gasteiger partial charge is 0.138 e. The third kappa shape index (κ3) is 2.79. The molecule has 0 aliphatic carbocycles. The van der Waals surface area contributed by atoms with Gasteiger partial charge in [-0.2, -0.15) is 0 Å². The summed E-state index contributed by atoms with van der Waals surface area (Å²) < 4.78 is 10.7. The molecule has 0 aromatic rings. The Labute approximate surface area is 91.1 Å². The Morgan fingerprint density at radius 3 is 2.53 bits per heavy atom. The van der Waals surface area contributed by atoms with Crippen molar-refractivity contribution in [2.75, 3.05) is 19.8 Å². The summed E-state index contributed by atoms with van der Waals surface area (Å²) in [6.45, 7) is 4.42. The molecule has 0 amide bonds. The molecule has 2 unspecified atom stereocenters. The molecule has 0 aromatic carbocycles. The second kappa shape index (κ2) is 5.08. The highest BCUT2D eigenvalue weighted by molar-refractivity contribution is 5.82. The van der Waals surface area contributed by atoms with Crippen molar-refractivity contribution in [1.82, 2.24) is 0 Å². The van der Waals surface area contributed by atoms with Gasteiger partial charge in [0.2, 0.25) is 0 Å². The van der Waals surface area contributed by atoms with Crippen LogP contribution < -0.4 is 0 Å². The van der Waals surface area contributed by atoms with Crippen molar-refractivity contribution < 1.29 is 14.3 Å². The van der Waals surface area contributed by atoms with Crippen LogP contribution in [0.25, 0.3) is 0 Å². The number of carbonyl (C=O) groups is 1. The van der Waals surface area contributed by atoms with Gasteiger partial charge in [-0.25, -0.2) is 0 Å². The van der Waals surface area contributed by atoms with E-state index in [1.807, 2.05) is 6.92 Å². The predicted octanol–water partition coefficient (Wildman–Crippen LogP) is 1.80. The first-order valence-electron chi connectivity index (χ1n) is 5.99. The Bertz CT molecular complexity index is 221. The molecule has 0 saturated carbocycles. The highest BCUT2D eigenvalue weighted by atomic mass is 16.5. The van der Waals surface area contributed by atoms with Gasteiger partial charge in [0, 0.05) is 32.2 Å². The lowest BCUT2D eigenvalue weighted by Gasteiger charge is -2.23. The maximum absolute atomic E-state index is 12.0. The van der Waals surface area contributed by atoms with Crippen LogP contribution in [0.15, 0.2) is 0 Å². The molecule has 15 heavy (non-hydrogen) atoms. The third-order valence-corrected chi connectivity index (χ3v) is 3.62. The fourth-order valence-electron chi connectivity index (χ4n) is 2.54. The molecule has 86 valence electrons. The van der Waals surface area contributed by atoms with E-state index < -0.39 is 0 Å². The average Bonchev–Trinajstić information content (AvgIpc) is 2.66. The Kier molecular flexibility index (Phi) is 3.76. The minimum absolute atomic E-state index is 0.136. The van der Waals surface area contributed by atoms with Crippen LogP contribution in [0.1, 0.15) is 32.6 Å². The number of ketones is 1. The van der Waals surface area contributed by atoms with Gasteiger partial charge in [-0.3, -0.25) is 4.79 Å². The summed E-state index contributed by atoms with van der Waals surface area (Å²) in [6.07, 6.45) is 3.89. The van der Waals surface area contributed by atoms with Gasteiger partial charge in [0.1, 0.15) is 5.78 Å². The van der Waals surface area contributed by atoms with E-state index in [2.05, 4.69) is 0 Å². The van der Waals surface area contributed by atoms with Crippen LogP contribution >= 0.6 is 0 Å². The number of hydrogen-bond donors (Lipinski definition) is 0. The van der Waals surface area contributed by atoms with Crippen molar-refractivity contribution in [3.63, 3.8) is 0 Å². The molecule has 0 bridgehead atoms. The summed E-state index contributed by atoms with van der Waals surface area (Å²) in [5.74, 6) is 1.12. The van der Waals surface area contributed by atoms with Gasteiger partial charge in [0.15, 0.2) is 0 Å². The zero-order valence-electron chi connectivity index (χ0n) is 9.41. The summed E-state index contributed by atoms with van der Waals surface area (Å²) in [5.41, 5.74) is 0. The Morgan fingerprint density at radius 2 is 1.93 bits per heavy atom. The fourth-order valence-corrected chi connectivity index (χ4v) is 2.54. The van der Waals surface area contributed by atoms with E-state index in [4.69, 9.17) is 9.47 Å². The van der Waals surface area contributed by atoms with Gasteiger partial charge in [-0.1, -0.05) is 0 Å². The van der Waals surface area contributed by atoms with Crippen LogP contribution in [-0.2, 0) is 14.3 Å². The molecule has 2 atom stereocenters. The average molecular weight is 212 g/mol. The van der Waals surface area contributed by atoms with Gasteiger partial charge in [0.25, 0.3) is 0 Å². The van der Waals surface area contributed by atoms with Crippen molar-refractivity contribution in [2.24, 2.45) is 11.8 Å². The van der Waals surface area contributed by atoms with Gasteiger partial charge in [0.05, 0.1) is 6.10 Å². The Balaban J connectivity index is 1.80. The number of Topliss-reactive ketones (excluding diaryl/α,β-unsaturated/α-hetero) is 1. The standard InChI is InChI=1S/C12H20O3/c1-9-11(4-7-15-9)12(13)8-10-2-5-14-6-3-10/h9-11H,2-8H2,1H3. The lowest BCUT2D eigenvalue weighted by molar-refractivity contribution is -0.125. The van der Waals surface area contributed by atoms with Gasteiger partial charge in [-0.05, 0) is 32.1 Å². The first kappa shape index (κ1) is 11.1. The van der Waals surface area contributed by atoms with Crippen LogP contribution in [-0.4, -0.2) is 31.7 Å². The van der Waals surface area contributed by atoms with Gasteiger partial charge >= 0.3 is 0 Å². The first-order valence-corrected chi connectivity index (χ1v) is 5.99. The second-order valence-electron chi connectivity index (χ2n) is 4.70. The third-order valence-electron chi connectivity index (χ3n) is 3.62. The zero-order chi connectivity index (χ0) is 10.7. The number of ether oxygens (including phenoxy) is 2. The zero-order valence-corrected chi connectivity index (χ0v) is 9.41. The summed E-state index contributed by atoms with van der Waals surface area (Å²) in [4.78, 5) is 12.0. The molecule has 0 spiro atoms. The highest BCUT2D eigenvalue weighted by Crippen LogP contribution is 2.27. The van der Waals surface area contributed by atoms with E-state index in [0.29, 0.717) is 11.7 Å². The predicted molar refractivity (Wildman–Crippen MR) is 56.7 cm³/mol. The molecule has 2 aliphatic rings. The maximum Gasteiger partial charge on any atom is 0.138 e. The first-order chi connectivity index (χ1) is 7.27. The SMILES string of the molecule is CC1OCCC1C(=O)CC1CCOCC1. The summed E-state index contributed by atoms with van der Waals surface area (Å²) in [6, 6.07) is 0. The summed E-state index contributed by atoms with van der Waals surface area (Å²) in [5, 5.41) is 0. The molecule has 2 rings (SSSR count). The van der Waals surface area contributed by atoms with Crippen LogP contribution in [0.5, 0.6) is 0 Å². The number of hydrogen-bond acceptors (Lipinski definition) is 3. The van der Waals surface area contributed by atoms with Crippen molar-refractivity contribution in [2.45, 2.75) is 38.7 Å². The van der Waals surface area contributed by atoms with Crippen LogP contribution in [0.4, 0.5) is 0 Å². The summed E-state index contributed by atoms with van der Waals surface area (Å²) in [7, 11) is 0. The van der Waals surface area contributed by atoms with E-state index in [-0.39, 0.29) is 12.0 Å². The lowest BCUT2D eigenvalue weighted by atomic mass is 9.87. The van der Waals surface area contributed by atoms with Crippen molar-refractivity contribution in [3.05, 3.63) is 0 Å². The van der Waals surface area contributed by atoms with E-state index in [0.717, 1.165) is 45.5 Å². The van der Waals surface area contributed by atoms with Crippen LogP contribution in [0.3, 0.4) is 0 Å². The molecule has 3 heteroatoms. The number of carbonyl (C=O) groups excluding carboxylic acids is 1. The minimum atomic E-state index is 0.136. The molecule has 2 saturated heterocycles. The quantitative estimate of drug-likeness (QED) is 0.715. The molecule has 0 N–H and O–H groups in total. The molecule has 3 nitrogen and oxygen atoms in total. The molecular formula is C12H20O3. The van der Waals surface area contributed by atoms with E-state index in [9.17, 15) is 4.79 Å². The fraction of sp³-hybridized carbons (Fsp3) is 0.917. The van der Waals surface area contributed by atoms with Gasteiger partial charge in [-0.15, -0.1) is 0 Å². The molecule has 2 aliphatic heterocycles. The van der Waals surface area contributed by atoms with Crippen molar-refractivity contribution in [1.29, 1.82) is 0 Å². The molecule has 0 aromatic heterocycles. The molecular weight excluding hydrogens is 192 g/mol. The van der Waals surface area contributed by atoms with Crippen LogP contribution in [0, 0.1) is 11.8 Å². The van der Waals surface area contributed by atoms with Crippen molar-refractivity contribution in [3.8, 4) is 0 Å². The monoisotopic (exact) mass is 212 g/mol. The van der Waals surface area contributed by atoms with E-state index in [1.54, 1.807) is 0 Å². The normalized spacial score (nSPS) is 33.1.